The van der Waals surface area contributed by atoms with Crippen LogP contribution in [0.15, 0.2) is 52.6 Å². The van der Waals surface area contributed by atoms with Gasteiger partial charge in [0.15, 0.2) is 5.78 Å². The number of allylic oxidation sites excluding steroid dienone is 1. The lowest BCUT2D eigenvalue weighted by atomic mass is 9.74. The summed E-state index contributed by atoms with van der Waals surface area (Å²) in [6.07, 6.45) is -9.71. The van der Waals surface area contributed by atoms with Gasteiger partial charge in [0, 0.05) is 36.1 Å². The van der Waals surface area contributed by atoms with Gasteiger partial charge in [-0.3, -0.25) is 14.6 Å². The van der Waals surface area contributed by atoms with E-state index in [0.29, 0.717) is 4.47 Å². The number of amides is 1. The Kier molecular flexibility index (Phi) is 10.5. The molecule has 0 aliphatic carbocycles. The summed E-state index contributed by atoms with van der Waals surface area (Å²) in [6.45, 7) is 2.88. The molecule has 0 radical (unpaired) electrons. The number of hydrogen-bond donors (Lipinski definition) is 1. The molecule has 2 rings (SSSR count). The van der Waals surface area contributed by atoms with Gasteiger partial charge in [0.25, 0.3) is 0 Å². The summed E-state index contributed by atoms with van der Waals surface area (Å²) in [5.41, 5.74) is -2.50. The van der Waals surface area contributed by atoms with Gasteiger partial charge in [0.05, 0.1) is 17.7 Å². The fraction of sp³-hybridized carbons (Fsp3) is 0.423. The molecule has 1 aromatic heterocycles. The summed E-state index contributed by atoms with van der Waals surface area (Å²) in [5, 5.41) is 2.47. The summed E-state index contributed by atoms with van der Waals surface area (Å²) in [7, 11) is 0. The van der Waals surface area contributed by atoms with Crippen molar-refractivity contribution in [2.75, 3.05) is 13.2 Å². The fourth-order valence-electron chi connectivity index (χ4n) is 3.66. The minimum atomic E-state index is -4.78. The fourth-order valence-corrected chi connectivity index (χ4v) is 3.90. The lowest BCUT2D eigenvalue weighted by Crippen LogP contribution is -2.40. The zero-order chi connectivity index (χ0) is 28.7. The van der Waals surface area contributed by atoms with Gasteiger partial charge >= 0.3 is 12.4 Å². The topological polar surface area (TPSA) is 68.3 Å². The first kappa shape index (κ1) is 31.3. The van der Waals surface area contributed by atoms with Gasteiger partial charge in [-0.15, -0.1) is 0 Å². The van der Waals surface area contributed by atoms with Crippen LogP contribution in [0.25, 0.3) is 5.57 Å². The van der Waals surface area contributed by atoms with Crippen LogP contribution in [0.2, 0.25) is 0 Å². The lowest BCUT2D eigenvalue weighted by molar-refractivity contribution is -0.184. The molecule has 0 aliphatic heterocycles. The monoisotopic (exact) mass is 608 g/mol. The number of nitrogens with one attached hydrogen (secondary N) is 1. The van der Waals surface area contributed by atoms with Crippen molar-refractivity contribution in [1.82, 2.24) is 10.3 Å². The third-order valence-electron chi connectivity index (χ3n) is 5.86. The Morgan fingerprint density at radius 2 is 1.63 bits per heavy atom. The first-order valence-electron chi connectivity index (χ1n) is 11.5. The zero-order valence-corrected chi connectivity index (χ0v) is 22.5. The van der Waals surface area contributed by atoms with Gasteiger partial charge in [-0.05, 0) is 78.0 Å². The molecule has 1 heterocycles. The van der Waals surface area contributed by atoms with Crippen LogP contribution >= 0.6 is 15.9 Å². The minimum absolute atomic E-state index is 0.0184. The van der Waals surface area contributed by atoms with Crippen molar-refractivity contribution < 1.29 is 40.7 Å². The van der Waals surface area contributed by atoms with Gasteiger partial charge in [0.1, 0.15) is 5.75 Å². The highest BCUT2D eigenvalue weighted by Crippen LogP contribution is 2.47. The van der Waals surface area contributed by atoms with E-state index in [9.17, 15) is 35.9 Å². The van der Waals surface area contributed by atoms with E-state index in [0.717, 1.165) is 6.92 Å². The predicted molar refractivity (Wildman–Crippen MR) is 133 cm³/mol. The number of ketones is 1. The number of Topliss-reactive ketones (excluding diaryl/α,β-unsaturated/α-hetero) is 1. The van der Waals surface area contributed by atoms with Gasteiger partial charge in [-0.25, -0.2) is 0 Å². The highest BCUT2D eigenvalue weighted by Gasteiger charge is 2.53. The Hall–Kier alpha value is -2.89. The zero-order valence-electron chi connectivity index (χ0n) is 20.9. The Morgan fingerprint density at radius 1 is 1.00 bits per heavy atom. The van der Waals surface area contributed by atoms with Gasteiger partial charge < -0.3 is 10.1 Å². The smallest absolute Gasteiger partial charge is 0.398 e. The summed E-state index contributed by atoms with van der Waals surface area (Å²) in [6, 6.07) is 7.97. The standard InChI is InChI=1S/C26H27BrF6N2O3/c1-16(36)22(15-34-17(2)37)21(23-10-7-19(27)14-35-23)13-24(3,26(31,32)33)18-5-8-20(9-6-18)38-12-4-11-25(28,29)30/h5-10,14H,4,11-13,15H2,1-3H3,(H,34,37)/b22-21+/t24-/m1/s1. The Morgan fingerprint density at radius 3 is 2.11 bits per heavy atom. The second-order valence-electron chi connectivity index (χ2n) is 8.88. The first-order chi connectivity index (χ1) is 17.5. The van der Waals surface area contributed by atoms with Crippen molar-refractivity contribution in [3.63, 3.8) is 0 Å². The maximum absolute atomic E-state index is 14.6. The molecule has 12 heteroatoms. The van der Waals surface area contributed by atoms with Crippen molar-refractivity contribution in [3.05, 3.63) is 63.9 Å². The summed E-state index contributed by atoms with van der Waals surface area (Å²) in [4.78, 5) is 28.2. The molecule has 38 heavy (non-hydrogen) atoms. The van der Waals surface area contributed by atoms with E-state index in [2.05, 4.69) is 26.2 Å². The predicted octanol–water partition coefficient (Wildman–Crippen LogP) is 6.95. The van der Waals surface area contributed by atoms with Crippen molar-refractivity contribution in [1.29, 1.82) is 0 Å². The molecule has 0 bridgehead atoms. The number of halogens is 7. The first-order valence-corrected chi connectivity index (χ1v) is 12.3. The molecule has 0 unspecified atom stereocenters. The number of pyridine rings is 1. The van der Waals surface area contributed by atoms with Gasteiger partial charge in [-0.1, -0.05) is 12.1 Å². The van der Waals surface area contributed by atoms with E-state index in [1.54, 1.807) is 6.07 Å². The molecule has 2 aromatic rings. The molecule has 0 spiro atoms. The average molecular weight is 609 g/mol. The SMILES string of the molecule is CC(=O)NC/C(C(C)=O)=C(/C[C@](C)(c1ccc(OCCCC(F)(F)F)cc1)C(F)(F)F)c1ccc(Br)cn1. The number of nitrogens with zero attached hydrogens (tertiary/aromatic N) is 1. The number of rotatable bonds is 11. The minimum Gasteiger partial charge on any atom is -0.494 e. The number of aromatic nitrogens is 1. The molecular weight excluding hydrogens is 582 g/mol. The number of benzene rings is 1. The van der Waals surface area contributed by atoms with Gasteiger partial charge in [0.2, 0.25) is 5.91 Å². The maximum atomic E-state index is 14.6. The molecule has 0 saturated heterocycles. The van der Waals surface area contributed by atoms with Crippen molar-refractivity contribution in [3.8, 4) is 5.75 Å². The van der Waals surface area contributed by atoms with Crippen LogP contribution in [0.1, 0.15) is 51.3 Å². The molecule has 1 atom stereocenters. The van der Waals surface area contributed by atoms with Crippen LogP contribution in [-0.4, -0.2) is 42.2 Å². The van der Waals surface area contributed by atoms with Crippen LogP contribution in [0, 0.1) is 0 Å². The number of carbonyl (C=O) groups excluding carboxylic acids is 2. The van der Waals surface area contributed by atoms with Crippen LogP contribution in [0.5, 0.6) is 5.75 Å². The molecule has 1 aromatic carbocycles. The quantitative estimate of drug-likeness (QED) is 0.170. The van der Waals surface area contributed by atoms with E-state index in [1.807, 2.05) is 0 Å². The van der Waals surface area contributed by atoms with Crippen molar-refractivity contribution in [2.24, 2.45) is 0 Å². The van der Waals surface area contributed by atoms with E-state index in [4.69, 9.17) is 4.74 Å². The Labute approximate surface area is 224 Å². The molecule has 0 fully saturated rings. The molecular formula is C26H27BrF6N2O3. The highest BCUT2D eigenvalue weighted by atomic mass is 79.9. The highest BCUT2D eigenvalue weighted by molar-refractivity contribution is 9.10. The maximum Gasteiger partial charge on any atom is 0.398 e. The molecule has 1 amide bonds. The number of hydrogen-bond acceptors (Lipinski definition) is 4. The van der Waals surface area contributed by atoms with Crippen LogP contribution < -0.4 is 10.1 Å². The Balaban J connectivity index is 2.49. The van der Waals surface area contributed by atoms with E-state index in [-0.39, 0.29) is 47.7 Å². The van der Waals surface area contributed by atoms with Crippen LogP contribution in [0.3, 0.4) is 0 Å². The third kappa shape index (κ3) is 8.85. The lowest BCUT2D eigenvalue weighted by Gasteiger charge is -2.34. The summed E-state index contributed by atoms with van der Waals surface area (Å²) >= 11 is 3.23. The van der Waals surface area contributed by atoms with Crippen LogP contribution in [-0.2, 0) is 15.0 Å². The summed E-state index contributed by atoms with van der Waals surface area (Å²) in [5.74, 6) is -0.859. The molecule has 208 valence electrons. The van der Waals surface area contributed by atoms with E-state index in [1.165, 1.54) is 50.4 Å². The molecule has 1 N–H and O–H groups in total. The molecule has 5 nitrogen and oxygen atoms in total. The van der Waals surface area contributed by atoms with Gasteiger partial charge in [-0.2, -0.15) is 26.3 Å². The van der Waals surface area contributed by atoms with Crippen molar-refractivity contribution >= 4 is 33.2 Å². The molecule has 0 saturated carbocycles. The second kappa shape index (κ2) is 12.8. The van der Waals surface area contributed by atoms with Crippen molar-refractivity contribution in [2.45, 2.75) is 57.8 Å². The van der Waals surface area contributed by atoms with E-state index >= 15 is 0 Å². The van der Waals surface area contributed by atoms with Crippen LogP contribution in [0.4, 0.5) is 26.3 Å². The second-order valence-corrected chi connectivity index (χ2v) is 9.80. The number of alkyl halides is 6. The summed E-state index contributed by atoms with van der Waals surface area (Å²) < 4.78 is 86.6. The Bertz CT molecular complexity index is 1150. The number of ether oxygens (including phenoxy) is 1. The number of carbonyl (C=O) groups is 2. The third-order valence-corrected chi connectivity index (χ3v) is 6.33. The average Bonchev–Trinajstić information content (AvgIpc) is 2.80. The normalized spacial score (nSPS) is 14.4. The molecule has 0 aliphatic rings. The van der Waals surface area contributed by atoms with E-state index < -0.39 is 42.3 Å². The largest absolute Gasteiger partial charge is 0.494 e.